The molecule has 0 radical (unpaired) electrons. The molecule has 0 fully saturated rings. The molecule has 1 nitrogen and oxygen atoms in total. The Hall–Kier alpha value is -7.22. The first-order valence-electron chi connectivity index (χ1n) is 18.9. The largest absolute Gasteiger partial charge is 0.311 e. The molecule has 55 heavy (non-hydrogen) atoms. The van der Waals surface area contributed by atoms with Crippen molar-refractivity contribution in [1.82, 2.24) is 0 Å². The van der Waals surface area contributed by atoms with Gasteiger partial charge in [0.15, 0.2) is 0 Å². The Morgan fingerprint density at radius 2 is 0.600 bits per heavy atom. The minimum atomic E-state index is 1.11. The summed E-state index contributed by atoms with van der Waals surface area (Å²) in [4.78, 5) is 2.34. The van der Waals surface area contributed by atoms with E-state index in [1.165, 1.54) is 76.8 Å². The molecule has 0 amide bonds. The summed E-state index contributed by atoms with van der Waals surface area (Å²) in [6, 6.07) is 81.3. The first kappa shape index (κ1) is 32.4. The van der Waals surface area contributed by atoms with Crippen molar-refractivity contribution in [2.24, 2.45) is 0 Å². The van der Waals surface area contributed by atoms with Crippen molar-refractivity contribution < 1.29 is 0 Å². The molecule has 10 rings (SSSR count). The molecule has 0 N–H and O–H groups in total. The van der Waals surface area contributed by atoms with Crippen LogP contribution in [0.25, 0.3) is 76.8 Å². The van der Waals surface area contributed by atoms with Crippen LogP contribution >= 0.6 is 0 Å². The summed E-state index contributed by atoms with van der Waals surface area (Å²) in [7, 11) is 0. The highest BCUT2D eigenvalue weighted by Gasteiger charge is 2.15. The molecule has 0 atom stereocenters. The lowest BCUT2D eigenvalue weighted by molar-refractivity contribution is 1.28. The fraction of sp³-hybridized carbons (Fsp3) is 0. The van der Waals surface area contributed by atoms with Crippen LogP contribution in [0.2, 0.25) is 0 Å². The number of hydrogen-bond donors (Lipinski definition) is 0. The van der Waals surface area contributed by atoms with E-state index in [2.05, 4.69) is 229 Å². The highest BCUT2D eigenvalue weighted by molar-refractivity contribution is 6.14. The van der Waals surface area contributed by atoms with E-state index < -0.39 is 0 Å². The van der Waals surface area contributed by atoms with Gasteiger partial charge in [0, 0.05) is 17.1 Å². The third kappa shape index (κ3) is 6.22. The molecule has 1 heteroatoms. The van der Waals surface area contributed by atoms with Crippen molar-refractivity contribution in [3.8, 4) is 44.5 Å². The van der Waals surface area contributed by atoms with Crippen LogP contribution in [-0.2, 0) is 0 Å². The Balaban J connectivity index is 0.983. The molecular weight excluding hydrogens is 663 g/mol. The maximum atomic E-state index is 2.34. The third-order valence-corrected chi connectivity index (χ3v) is 10.8. The maximum absolute atomic E-state index is 2.34. The van der Waals surface area contributed by atoms with Crippen LogP contribution in [0.1, 0.15) is 0 Å². The quantitative estimate of drug-likeness (QED) is 0.150. The Morgan fingerprint density at radius 3 is 1.15 bits per heavy atom. The molecule has 0 aliphatic rings. The molecule has 10 aromatic rings. The van der Waals surface area contributed by atoms with Crippen LogP contribution in [0.3, 0.4) is 0 Å². The molecule has 0 bridgehead atoms. The molecule has 0 spiro atoms. The van der Waals surface area contributed by atoms with Crippen LogP contribution in [0.15, 0.2) is 224 Å². The second-order valence-corrected chi connectivity index (χ2v) is 14.2. The summed E-state index contributed by atoms with van der Waals surface area (Å²) in [6.07, 6.45) is 0. The summed E-state index contributed by atoms with van der Waals surface area (Å²) in [5, 5.41) is 7.60. The van der Waals surface area contributed by atoms with Gasteiger partial charge >= 0.3 is 0 Å². The first-order valence-corrected chi connectivity index (χ1v) is 18.9. The van der Waals surface area contributed by atoms with Gasteiger partial charge < -0.3 is 4.90 Å². The van der Waals surface area contributed by atoms with Gasteiger partial charge in [-0.05, 0) is 131 Å². The molecule has 0 aliphatic carbocycles. The Kier molecular flexibility index (Phi) is 8.24. The van der Waals surface area contributed by atoms with Crippen molar-refractivity contribution in [3.63, 3.8) is 0 Å². The molecule has 258 valence electrons. The molecule has 0 saturated carbocycles. The minimum absolute atomic E-state index is 1.11. The van der Waals surface area contributed by atoms with E-state index in [1.807, 2.05) is 0 Å². The van der Waals surface area contributed by atoms with E-state index >= 15 is 0 Å². The summed E-state index contributed by atoms with van der Waals surface area (Å²) >= 11 is 0. The van der Waals surface area contributed by atoms with Gasteiger partial charge in [0.05, 0.1) is 0 Å². The standard InChI is InChI=1S/C54H37N/c1-3-11-38(12-4-1)40-23-29-48(30-24-40)55(49-31-25-41(26-32-49)39-13-5-2-6-14-39)50-33-27-42(28-34-50)43-19-20-45-36-47(22-21-44(45)35-43)54-37-46-15-7-8-16-51(46)52-17-9-10-18-53(52)54/h1-37H. The predicted molar refractivity (Wildman–Crippen MR) is 235 cm³/mol. The molecule has 0 unspecified atom stereocenters. The SMILES string of the molecule is c1ccc(-c2ccc(N(c3ccc(-c4ccccc4)cc3)c3ccc(-c4ccc5cc(-c6cc7ccccc7c7ccccc67)ccc5c4)cc3)cc2)cc1. The zero-order valence-electron chi connectivity index (χ0n) is 30.3. The highest BCUT2D eigenvalue weighted by Crippen LogP contribution is 2.39. The normalized spacial score (nSPS) is 11.3. The van der Waals surface area contributed by atoms with Gasteiger partial charge in [0.2, 0.25) is 0 Å². The predicted octanol–water partition coefficient (Wildman–Crippen LogP) is 15.3. The average Bonchev–Trinajstić information content (AvgIpc) is 3.27. The average molecular weight is 700 g/mol. The second-order valence-electron chi connectivity index (χ2n) is 14.2. The number of hydrogen-bond acceptors (Lipinski definition) is 1. The molecular formula is C54H37N. The molecule has 0 aromatic heterocycles. The van der Waals surface area contributed by atoms with Crippen molar-refractivity contribution >= 4 is 49.4 Å². The van der Waals surface area contributed by atoms with Crippen LogP contribution < -0.4 is 4.90 Å². The Bertz CT molecular complexity index is 2850. The van der Waals surface area contributed by atoms with Gasteiger partial charge in [0.1, 0.15) is 0 Å². The van der Waals surface area contributed by atoms with Gasteiger partial charge in [-0.2, -0.15) is 0 Å². The van der Waals surface area contributed by atoms with Gasteiger partial charge in [-0.3, -0.25) is 0 Å². The van der Waals surface area contributed by atoms with E-state index in [-0.39, 0.29) is 0 Å². The van der Waals surface area contributed by atoms with Gasteiger partial charge in [0.25, 0.3) is 0 Å². The zero-order chi connectivity index (χ0) is 36.6. The molecule has 0 heterocycles. The van der Waals surface area contributed by atoms with E-state index in [0.717, 1.165) is 17.1 Å². The van der Waals surface area contributed by atoms with Gasteiger partial charge in [-0.1, -0.05) is 170 Å². The highest BCUT2D eigenvalue weighted by atomic mass is 15.1. The van der Waals surface area contributed by atoms with Crippen molar-refractivity contribution in [3.05, 3.63) is 224 Å². The number of fused-ring (bicyclic) bond motifs is 4. The first-order chi connectivity index (χ1) is 27.2. The molecule has 0 saturated heterocycles. The summed E-state index contributed by atoms with van der Waals surface area (Å²) in [5.41, 5.74) is 13.1. The van der Waals surface area contributed by atoms with Crippen LogP contribution in [0, 0.1) is 0 Å². The summed E-state index contributed by atoms with van der Waals surface area (Å²) in [5.74, 6) is 0. The monoisotopic (exact) mass is 699 g/mol. The number of benzene rings is 10. The zero-order valence-corrected chi connectivity index (χ0v) is 30.3. The van der Waals surface area contributed by atoms with Crippen molar-refractivity contribution in [2.75, 3.05) is 4.90 Å². The lowest BCUT2D eigenvalue weighted by Crippen LogP contribution is -2.09. The third-order valence-electron chi connectivity index (χ3n) is 10.8. The second kappa shape index (κ2) is 14.0. The fourth-order valence-corrected chi connectivity index (χ4v) is 8.00. The van der Waals surface area contributed by atoms with Gasteiger partial charge in [-0.15, -0.1) is 0 Å². The minimum Gasteiger partial charge on any atom is -0.311 e. The number of anilines is 3. The van der Waals surface area contributed by atoms with Crippen molar-refractivity contribution in [2.45, 2.75) is 0 Å². The van der Waals surface area contributed by atoms with E-state index in [9.17, 15) is 0 Å². The lowest BCUT2D eigenvalue weighted by Gasteiger charge is -2.26. The van der Waals surface area contributed by atoms with Crippen LogP contribution in [0.5, 0.6) is 0 Å². The van der Waals surface area contributed by atoms with Crippen LogP contribution in [-0.4, -0.2) is 0 Å². The Morgan fingerprint density at radius 1 is 0.218 bits per heavy atom. The summed E-state index contributed by atoms with van der Waals surface area (Å²) < 4.78 is 0. The van der Waals surface area contributed by atoms with E-state index in [0.29, 0.717) is 0 Å². The molecule has 10 aromatic carbocycles. The lowest BCUT2D eigenvalue weighted by atomic mass is 9.92. The Labute approximate surface area is 322 Å². The summed E-state index contributed by atoms with van der Waals surface area (Å²) in [6.45, 7) is 0. The van der Waals surface area contributed by atoms with Crippen molar-refractivity contribution in [1.29, 1.82) is 0 Å². The van der Waals surface area contributed by atoms with E-state index in [1.54, 1.807) is 0 Å². The molecule has 0 aliphatic heterocycles. The smallest absolute Gasteiger partial charge is 0.0462 e. The number of nitrogens with zero attached hydrogens (tertiary/aromatic N) is 1. The maximum Gasteiger partial charge on any atom is 0.0462 e. The van der Waals surface area contributed by atoms with Gasteiger partial charge in [-0.25, -0.2) is 0 Å². The van der Waals surface area contributed by atoms with E-state index in [4.69, 9.17) is 0 Å². The number of rotatable bonds is 7. The van der Waals surface area contributed by atoms with Crippen LogP contribution in [0.4, 0.5) is 17.1 Å². The topological polar surface area (TPSA) is 3.24 Å². The fourth-order valence-electron chi connectivity index (χ4n) is 8.00.